The zero-order valence-electron chi connectivity index (χ0n) is 18.2. The molecule has 2 aromatic carbocycles. The van der Waals surface area contributed by atoms with Crippen LogP contribution in [0.2, 0.25) is 0 Å². The van der Waals surface area contributed by atoms with Gasteiger partial charge in [0, 0.05) is 30.3 Å². The van der Waals surface area contributed by atoms with Crippen molar-refractivity contribution in [1.29, 1.82) is 0 Å². The van der Waals surface area contributed by atoms with E-state index in [4.69, 9.17) is 5.11 Å². The van der Waals surface area contributed by atoms with Crippen molar-refractivity contribution in [1.82, 2.24) is 10.3 Å². The van der Waals surface area contributed by atoms with E-state index in [9.17, 15) is 13.6 Å². The largest absolute Gasteiger partial charge is 0.481 e. The molecule has 0 amide bonds. The number of rotatable bonds is 9. The lowest BCUT2D eigenvalue weighted by Gasteiger charge is -2.33. The van der Waals surface area contributed by atoms with Crippen LogP contribution in [-0.4, -0.2) is 29.1 Å². The van der Waals surface area contributed by atoms with E-state index in [-0.39, 0.29) is 17.2 Å². The van der Waals surface area contributed by atoms with E-state index >= 15 is 0 Å². The van der Waals surface area contributed by atoms with Gasteiger partial charge < -0.3 is 15.7 Å². The number of anilines is 1. The molecule has 172 valence electrons. The van der Waals surface area contributed by atoms with E-state index in [0.717, 1.165) is 29.9 Å². The van der Waals surface area contributed by atoms with Crippen molar-refractivity contribution in [2.75, 3.05) is 18.4 Å². The number of hydrogen-bond donors (Lipinski definition) is 3. The van der Waals surface area contributed by atoms with Crippen LogP contribution in [0.25, 0.3) is 0 Å². The van der Waals surface area contributed by atoms with Gasteiger partial charge in [0.25, 0.3) is 6.43 Å². The Bertz CT molecular complexity index is 1090. The predicted octanol–water partition coefficient (Wildman–Crippen LogP) is 4.80. The number of aliphatic carboxylic acids is 1. The van der Waals surface area contributed by atoms with Gasteiger partial charge in [-0.2, -0.15) is 0 Å². The second-order valence-corrected chi connectivity index (χ2v) is 8.34. The van der Waals surface area contributed by atoms with Crippen LogP contribution < -0.4 is 10.6 Å². The van der Waals surface area contributed by atoms with Gasteiger partial charge in [0.2, 0.25) is 0 Å². The zero-order valence-corrected chi connectivity index (χ0v) is 18.2. The number of alkyl halides is 2. The molecule has 1 aliphatic rings. The van der Waals surface area contributed by atoms with Crippen LogP contribution in [0.1, 0.15) is 40.4 Å². The topological polar surface area (TPSA) is 74.2 Å². The normalized spacial score (nSPS) is 16.2. The second-order valence-electron chi connectivity index (χ2n) is 8.34. The minimum Gasteiger partial charge on any atom is -0.481 e. The van der Waals surface area contributed by atoms with Crippen LogP contribution in [0, 0.1) is 5.92 Å². The summed E-state index contributed by atoms with van der Waals surface area (Å²) in [6.45, 7) is 1.45. The molecule has 0 unspecified atom stereocenters. The lowest BCUT2D eigenvalue weighted by atomic mass is 9.86. The van der Waals surface area contributed by atoms with Gasteiger partial charge in [0.05, 0.1) is 17.8 Å². The Hall–Kier alpha value is -3.32. The van der Waals surface area contributed by atoms with E-state index in [0.29, 0.717) is 18.9 Å². The van der Waals surface area contributed by atoms with E-state index in [1.807, 2.05) is 36.5 Å². The molecule has 5 nitrogen and oxygen atoms in total. The first kappa shape index (κ1) is 22.9. The van der Waals surface area contributed by atoms with Crippen molar-refractivity contribution < 1.29 is 18.7 Å². The third kappa shape index (κ3) is 5.73. The molecule has 0 radical (unpaired) electrons. The van der Waals surface area contributed by atoms with Crippen molar-refractivity contribution in [3.8, 4) is 0 Å². The Morgan fingerprint density at radius 1 is 1.15 bits per heavy atom. The Balaban J connectivity index is 1.47. The van der Waals surface area contributed by atoms with Crippen LogP contribution in [0.3, 0.4) is 0 Å². The van der Waals surface area contributed by atoms with Gasteiger partial charge in [-0.15, -0.1) is 0 Å². The summed E-state index contributed by atoms with van der Waals surface area (Å²) in [5, 5.41) is 16.2. The Morgan fingerprint density at radius 3 is 2.73 bits per heavy atom. The molecule has 0 fully saturated rings. The Labute approximate surface area is 191 Å². The molecule has 4 rings (SSSR count). The summed E-state index contributed by atoms with van der Waals surface area (Å²) in [4.78, 5) is 15.6. The molecule has 0 bridgehead atoms. The average Bonchev–Trinajstić information content (AvgIpc) is 2.82. The number of pyridine rings is 1. The maximum Gasteiger partial charge on any atom is 0.307 e. The second kappa shape index (κ2) is 10.5. The van der Waals surface area contributed by atoms with Crippen LogP contribution in [0.4, 0.5) is 14.5 Å². The summed E-state index contributed by atoms with van der Waals surface area (Å²) in [6, 6.07) is 18.9. The first-order chi connectivity index (χ1) is 16.0. The monoisotopic (exact) mass is 451 g/mol. The molecule has 33 heavy (non-hydrogen) atoms. The highest BCUT2D eigenvalue weighted by Gasteiger charge is 2.27. The van der Waals surface area contributed by atoms with E-state index < -0.39 is 18.8 Å². The van der Waals surface area contributed by atoms with Crippen LogP contribution in [0.5, 0.6) is 0 Å². The zero-order chi connectivity index (χ0) is 23.2. The van der Waals surface area contributed by atoms with Crippen LogP contribution >= 0.6 is 0 Å². The van der Waals surface area contributed by atoms with E-state index in [1.165, 1.54) is 11.6 Å². The molecule has 2 atom stereocenters. The summed E-state index contributed by atoms with van der Waals surface area (Å²) in [6.07, 6.45) is 0.166. The number of carboxylic acids is 1. The van der Waals surface area contributed by atoms with Gasteiger partial charge in [-0.05, 0) is 48.2 Å². The maximum atomic E-state index is 13.3. The van der Waals surface area contributed by atoms with Crippen LogP contribution in [0.15, 0.2) is 66.9 Å². The highest BCUT2D eigenvalue weighted by atomic mass is 19.3. The smallest absolute Gasteiger partial charge is 0.307 e. The van der Waals surface area contributed by atoms with Gasteiger partial charge >= 0.3 is 5.97 Å². The molecule has 0 aliphatic carbocycles. The number of carbonyl (C=O) groups is 1. The summed E-state index contributed by atoms with van der Waals surface area (Å²) in [5.41, 5.74) is 4.11. The number of nitrogens with zero attached hydrogens (tertiary/aromatic N) is 1. The molecule has 0 saturated carbocycles. The van der Waals surface area contributed by atoms with E-state index in [2.05, 4.69) is 27.8 Å². The SMILES string of the molecule is O=C(O)Cc1cc(CCN[C@H](c2ccccc2)[C@H]2CNc3cccnc3C2)ccc1C(F)F. The van der Waals surface area contributed by atoms with Gasteiger partial charge in [0.1, 0.15) is 0 Å². The van der Waals surface area contributed by atoms with Crippen molar-refractivity contribution in [3.63, 3.8) is 0 Å². The van der Waals surface area contributed by atoms with Gasteiger partial charge in [-0.25, -0.2) is 8.78 Å². The van der Waals surface area contributed by atoms with Gasteiger partial charge in [0.15, 0.2) is 0 Å². The minimum absolute atomic E-state index is 0.0904. The summed E-state index contributed by atoms with van der Waals surface area (Å²) < 4.78 is 26.5. The first-order valence-electron chi connectivity index (χ1n) is 11.1. The standard InChI is InChI=1S/C26H27F2N3O2/c27-26(28)21-9-8-17(13-19(21)15-24(32)33)10-12-30-25(18-5-2-1-3-6-18)20-14-23-22(31-16-20)7-4-11-29-23/h1-9,11,13,20,25-26,30-31H,10,12,14-16H2,(H,32,33)/t20-,25-/m1/s1. The van der Waals surface area contributed by atoms with Crippen LogP contribution in [-0.2, 0) is 24.1 Å². The van der Waals surface area contributed by atoms with Crippen molar-refractivity contribution >= 4 is 11.7 Å². The number of halogens is 2. The fraction of sp³-hybridized carbons (Fsp3) is 0.308. The molecule has 1 aliphatic heterocycles. The maximum absolute atomic E-state index is 13.3. The third-order valence-electron chi connectivity index (χ3n) is 6.09. The summed E-state index contributed by atoms with van der Waals surface area (Å²) in [5.74, 6) is -0.825. The number of benzene rings is 2. The van der Waals surface area contributed by atoms with E-state index in [1.54, 1.807) is 12.1 Å². The average molecular weight is 452 g/mol. The molecule has 2 heterocycles. The number of aromatic nitrogens is 1. The highest BCUT2D eigenvalue weighted by molar-refractivity contribution is 5.71. The number of fused-ring (bicyclic) bond motifs is 1. The first-order valence-corrected chi connectivity index (χ1v) is 11.1. The minimum atomic E-state index is -2.69. The summed E-state index contributed by atoms with van der Waals surface area (Å²) >= 11 is 0. The molecule has 3 aromatic rings. The molecule has 0 spiro atoms. The fourth-order valence-corrected chi connectivity index (χ4v) is 4.49. The lowest BCUT2D eigenvalue weighted by Crippen LogP contribution is -2.37. The molecule has 7 heteroatoms. The number of hydrogen-bond acceptors (Lipinski definition) is 4. The predicted molar refractivity (Wildman–Crippen MR) is 124 cm³/mol. The molecule has 3 N–H and O–H groups in total. The molecule has 0 saturated heterocycles. The van der Waals surface area contributed by atoms with Crippen molar-refractivity contribution in [3.05, 3.63) is 94.8 Å². The fourth-order valence-electron chi connectivity index (χ4n) is 4.49. The quantitative estimate of drug-likeness (QED) is 0.436. The molecular formula is C26H27F2N3O2. The number of nitrogens with one attached hydrogen (secondary N) is 2. The van der Waals surface area contributed by atoms with Gasteiger partial charge in [-0.1, -0.05) is 48.5 Å². The Morgan fingerprint density at radius 2 is 1.97 bits per heavy atom. The lowest BCUT2D eigenvalue weighted by molar-refractivity contribution is -0.136. The molecular weight excluding hydrogens is 424 g/mol. The van der Waals surface area contributed by atoms with Crippen molar-refractivity contribution in [2.24, 2.45) is 5.92 Å². The Kier molecular flexibility index (Phi) is 7.29. The molecule has 1 aromatic heterocycles. The van der Waals surface area contributed by atoms with Crippen molar-refractivity contribution in [2.45, 2.75) is 31.7 Å². The number of carboxylic acid groups (broad SMARTS) is 1. The third-order valence-corrected chi connectivity index (χ3v) is 6.09. The highest BCUT2D eigenvalue weighted by Crippen LogP contribution is 2.31. The summed E-state index contributed by atoms with van der Waals surface area (Å²) in [7, 11) is 0. The van der Waals surface area contributed by atoms with Gasteiger partial charge in [-0.3, -0.25) is 9.78 Å².